The molecule has 1 heterocycles. The number of alkyl halides is 2. The molecule has 1 aliphatic heterocycles. The van der Waals surface area contributed by atoms with Crippen LogP contribution in [-0.4, -0.2) is 51.1 Å². The topological polar surface area (TPSA) is 98.8 Å². The van der Waals surface area contributed by atoms with Gasteiger partial charge in [0.15, 0.2) is 16.4 Å². The Morgan fingerprint density at radius 3 is 2.46 bits per heavy atom. The van der Waals surface area contributed by atoms with E-state index in [4.69, 9.17) is 4.74 Å². The molecular weight excluding hydrogens is 348 g/mol. The molecular formula is C14H15F2NO6S. The van der Waals surface area contributed by atoms with Gasteiger partial charge in [-0.1, -0.05) is 0 Å². The Hall–Kier alpha value is -2.23. The lowest BCUT2D eigenvalue weighted by Gasteiger charge is -2.11. The number of sulfone groups is 1. The fourth-order valence-electron chi connectivity index (χ4n) is 2.17. The van der Waals surface area contributed by atoms with E-state index in [1.54, 1.807) is 0 Å². The number of benzene rings is 1. The Kier molecular flexibility index (Phi) is 5.71. The van der Waals surface area contributed by atoms with Gasteiger partial charge in [-0.3, -0.25) is 4.79 Å². The number of esters is 1. The molecule has 1 aromatic rings. The number of hydrogen-bond acceptors (Lipinski definition) is 6. The first-order chi connectivity index (χ1) is 11.2. The average molecular weight is 363 g/mol. The fraction of sp³-hybridized carbons (Fsp3) is 0.429. The predicted molar refractivity (Wildman–Crippen MR) is 78.6 cm³/mol. The van der Waals surface area contributed by atoms with Gasteiger partial charge < -0.3 is 14.8 Å². The number of carbonyl (C=O) groups is 2. The molecule has 1 aromatic carbocycles. The normalized spacial score (nSPS) is 19.0. The summed E-state index contributed by atoms with van der Waals surface area (Å²) < 4.78 is 55.5. The van der Waals surface area contributed by atoms with Crippen molar-refractivity contribution >= 4 is 21.7 Å². The Labute approximate surface area is 136 Å². The number of hydrogen-bond donors (Lipinski definition) is 1. The van der Waals surface area contributed by atoms with Gasteiger partial charge in [-0.05, 0) is 30.7 Å². The summed E-state index contributed by atoms with van der Waals surface area (Å²) >= 11 is 0. The number of nitrogens with one attached hydrogen (secondary N) is 1. The van der Waals surface area contributed by atoms with Crippen molar-refractivity contribution in [2.75, 3.05) is 18.1 Å². The fourth-order valence-corrected chi connectivity index (χ4v) is 3.84. The van der Waals surface area contributed by atoms with E-state index in [9.17, 15) is 26.8 Å². The smallest absolute Gasteiger partial charge is 0.387 e. The molecule has 0 saturated carbocycles. The number of carbonyl (C=O) groups excluding carboxylic acids is 2. The number of rotatable bonds is 6. The molecule has 1 N–H and O–H groups in total. The summed E-state index contributed by atoms with van der Waals surface area (Å²) in [4.78, 5) is 23.4. The molecule has 0 unspecified atom stereocenters. The van der Waals surface area contributed by atoms with Crippen molar-refractivity contribution in [3.05, 3.63) is 29.8 Å². The zero-order valence-corrected chi connectivity index (χ0v) is 13.2. The number of halogens is 2. The summed E-state index contributed by atoms with van der Waals surface area (Å²) in [5.74, 6) is -1.64. The van der Waals surface area contributed by atoms with Crippen LogP contribution in [0.25, 0.3) is 0 Å². The second-order valence-electron chi connectivity index (χ2n) is 5.15. The predicted octanol–water partition coefficient (Wildman–Crippen LogP) is 0.748. The van der Waals surface area contributed by atoms with E-state index in [1.165, 1.54) is 24.3 Å². The van der Waals surface area contributed by atoms with Crippen LogP contribution >= 0.6 is 0 Å². The maximum atomic E-state index is 12.0. The lowest BCUT2D eigenvalue weighted by molar-refractivity contribution is -0.124. The molecule has 10 heteroatoms. The molecule has 0 aliphatic carbocycles. The van der Waals surface area contributed by atoms with Gasteiger partial charge in [0.1, 0.15) is 5.75 Å². The van der Waals surface area contributed by atoms with Crippen molar-refractivity contribution in [1.82, 2.24) is 5.32 Å². The molecule has 0 aromatic heterocycles. The van der Waals surface area contributed by atoms with Crippen LogP contribution in [0.15, 0.2) is 24.3 Å². The van der Waals surface area contributed by atoms with Gasteiger partial charge in [0, 0.05) is 6.04 Å². The summed E-state index contributed by atoms with van der Waals surface area (Å²) in [6.07, 6.45) is 0.327. The highest BCUT2D eigenvalue weighted by atomic mass is 32.2. The van der Waals surface area contributed by atoms with E-state index < -0.39 is 41.0 Å². The molecule has 24 heavy (non-hydrogen) atoms. The van der Waals surface area contributed by atoms with Gasteiger partial charge >= 0.3 is 12.6 Å². The van der Waals surface area contributed by atoms with E-state index in [-0.39, 0.29) is 22.8 Å². The van der Waals surface area contributed by atoms with Crippen molar-refractivity contribution < 1.29 is 36.3 Å². The quantitative estimate of drug-likeness (QED) is 0.749. The minimum atomic E-state index is -3.12. The minimum Gasteiger partial charge on any atom is -0.452 e. The van der Waals surface area contributed by atoms with Crippen LogP contribution in [0, 0.1) is 0 Å². The SMILES string of the molecule is O=C(COC(=O)c1ccc(OC(F)F)cc1)N[C@H]1CCS(=O)(=O)C1. The molecule has 1 fully saturated rings. The summed E-state index contributed by atoms with van der Waals surface area (Å²) in [7, 11) is -3.12. The molecule has 1 saturated heterocycles. The van der Waals surface area contributed by atoms with Crippen molar-refractivity contribution in [3.8, 4) is 5.75 Å². The molecule has 0 spiro atoms. The zero-order chi connectivity index (χ0) is 17.7. The van der Waals surface area contributed by atoms with Crippen LogP contribution in [0.1, 0.15) is 16.8 Å². The maximum Gasteiger partial charge on any atom is 0.387 e. The molecule has 2 rings (SSSR count). The van der Waals surface area contributed by atoms with E-state index in [2.05, 4.69) is 10.1 Å². The molecule has 1 aliphatic rings. The lowest BCUT2D eigenvalue weighted by atomic mass is 10.2. The summed E-state index contributed by atoms with van der Waals surface area (Å²) in [6.45, 7) is -3.53. The molecule has 0 radical (unpaired) electrons. The molecule has 7 nitrogen and oxygen atoms in total. The average Bonchev–Trinajstić information content (AvgIpc) is 2.83. The summed E-state index contributed by atoms with van der Waals surface area (Å²) in [6, 6.07) is 4.31. The van der Waals surface area contributed by atoms with Crippen molar-refractivity contribution in [1.29, 1.82) is 0 Å². The van der Waals surface area contributed by atoms with E-state index >= 15 is 0 Å². The van der Waals surface area contributed by atoms with Gasteiger partial charge in [-0.25, -0.2) is 13.2 Å². The van der Waals surface area contributed by atoms with Crippen molar-refractivity contribution in [2.45, 2.75) is 19.1 Å². The molecule has 1 atom stereocenters. The first-order valence-corrected chi connectivity index (χ1v) is 8.79. The second kappa shape index (κ2) is 7.56. The van der Waals surface area contributed by atoms with Crippen LogP contribution in [0.2, 0.25) is 0 Å². The zero-order valence-electron chi connectivity index (χ0n) is 12.4. The third-order valence-corrected chi connectivity index (χ3v) is 5.02. The van der Waals surface area contributed by atoms with Crippen LogP contribution in [0.5, 0.6) is 5.75 Å². The third-order valence-electron chi connectivity index (χ3n) is 3.25. The van der Waals surface area contributed by atoms with E-state index in [0.717, 1.165) is 0 Å². The van der Waals surface area contributed by atoms with Gasteiger partial charge in [0.05, 0.1) is 17.1 Å². The highest BCUT2D eigenvalue weighted by Gasteiger charge is 2.29. The van der Waals surface area contributed by atoms with E-state index in [0.29, 0.717) is 6.42 Å². The Morgan fingerprint density at radius 2 is 1.92 bits per heavy atom. The van der Waals surface area contributed by atoms with Crippen molar-refractivity contribution in [2.24, 2.45) is 0 Å². The Balaban J connectivity index is 1.79. The summed E-state index contributed by atoms with van der Waals surface area (Å²) in [5.41, 5.74) is 0.0628. The van der Waals surface area contributed by atoms with Gasteiger partial charge in [-0.2, -0.15) is 8.78 Å². The Bertz CT molecular complexity index is 704. The first-order valence-electron chi connectivity index (χ1n) is 6.97. The minimum absolute atomic E-state index is 0.0186. The lowest BCUT2D eigenvalue weighted by Crippen LogP contribution is -2.38. The molecule has 1 amide bonds. The van der Waals surface area contributed by atoms with Crippen molar-refractivity contribution in [3.63, 3.8) is 0 Å². The molecule has 132 valence electrons. The highest BCUT2D eigenvalue weighted by Crippen LogP contribution is 2.15. The van der Waals surface area contributed by atoms with E-state index in [1.807, 2.05) is 0 Å². The van der Waals surface area contributed by atoms with Gasteiger partial charge in [0.25, 0.3) is 5.91 Å². The van der Waals surface area contributed by atoms with Crippen LogP contribution in [0.3, 0.4) is 0 Å². The number of amides is 1. The van der Waals surface area contributed by atoms with Crippen LogP contribution in [-0.2, 0) is 19.4 Å². The second-order valence-corrected chi connectivity index (χ2v) is 7.38. The standard InChI is InChI=1S/C14H15F2NO6S/c15-14(16)23-11-3-1-9(2-4-11)13(19)22-7-12(18)17-10-5-6-24(20,21)8-10/h1-4,10,14H,5-8H2,(H,17,18)/t10-/m0/s1. The monoisotopic (exact) mass is 363 g/mol. The highest BCUT2D eigenvalue weighted by molar-refractivity contribution is 7.91. The third kappa shape index (κ3) is 5.44. The largest absolute Gasteiger partial charge is 0.452 e. The summed E-state index contributed by atoms with van der Waals surface area (Å²) in [5, 5.41) is 2.47. The Morgan fingerprint density at radius 1 is 1.25 bits per heavy atom. The van der Waals surface area contributed by atoms with Gasteiger partial charge in [0.2, 0.25) is 0 Å². The van der Waals surface area contributed by atoms with Crippen LogP contribution in [0.4, 0.5) is 8.78 Å². The first kappa shape index (κ1) is 18.1. The van der Waals surface area contributed by atoms with Gasteiger partial charge in [-0.15, -0.1) is 0 Å². The molecule has 0 bridgehead atoms. The maximum absolute atomic E-state index is 12.0. The van der Waals surface area contributed by atoms with Crippen LogP contribution < -0.4 is 10.1 Å². The number of ether oxygens (including phenoxy) is 2.